The number of carbonyl (C=O) groups excluding carboxylic acids is 2. The van der Waals surface area contributed by atoms with Crippen LogP contribution in [0.1, 0.15) is 36.5 Å². The van der Waals surface area contributed by atoms with Crippen molar-refractivity contribution in [3.8, 4) is 5.75 Å². The molecule has 0 unspecified atom stereocenters. The van der Waals surface area contributed by atoms with Crippen LogP contribution in [-0.2, 0) is 19.6 Å². The maximum atomic E-state index is 13.5. The lowest BCUT2D eigenvalue weighted by atomic mass is 9.98. The highest BCUT2D eigenvalue weighted by atomic mass is 32.2. The molecule has 2 heterocycles. The first-order valence-electron chi connectivity index (χ1n) is 11.1. The fraction of sp³-hybridized carbons (Fsp3) is 0.417. The van der Waals surface area contributed by atoms with Crippen molar-refractivity contribution in [1.82, 2.24) is 4.31 Å². The molecule has 2 aromatic rings. The molecule has 4 rings (SSSR count). The summed E-state index contributed by atoms with van der Waals surface area (Å²) in [4.78, 5) is 25.0. The van der Waals surface area contributed by atoms with Gasteiger partial charge in [-0.2, -0.15) is 4.31 Å². The summed E-state index contributed by atoms with van der Waals surface area (Å²) in [6.07, 6.45) is 0.514. The van der Waals surface area contributed by atoms with Crippen LogP contribution in [0.3, 0.4) is 0 Å². The summed E-state index contributed by atoms with van der Waals surface area (Å²) in [5, 5.41) is 5.71. The molecule has 33 heavy (non-hydrogen) atoms. The van der Waals surface area contributed by atoms with E-state index in [-0.39, 0.29) is 23.3 Å². The van der Waals surface area contributed by atoms with Crippen molar-refractivity contribution < 1.29 is 22.7 Å². The molecule has 0 saturated carbocycles. The molecule has 0 aliphatic carbocycles. The summed E-state index contributed by atoms with van der Waals surface area (Å²) in [5.41, 5.74) is 3.71. The van der Waals surface area contributed by atoms with Crippen LogP contribution in [-0.4, -0.2) is 43.7 Å². The Labute approximate surface area is 194 Å². The number of benzene rings is 2. The number of fused-ring (bicyclic) bond motifs is 1. The number of nitrogens with one attached hydrogen (secondary N) is 2. The first kappa shape index (κ1) is 23.3. The van der Waals surface area contributed by atoms with Crippen LogP contribution < -0.4 is 15.4 Å². The molecule has 2 atom stereocenters. The Morgan fingerprint density at radius 2 is 1.91 bits per heavy atom. The Morgan fingerprint density at radius 3 is 2.67 bits per heavy atom. The van der Waals surface area contributed by atoms with Crippen LogP contribution in [0.15, 0.2) is 35.2 Å². The Morgan fingerprint density at radius 1 is 1.15 bits per heavy atom. The second-order valence-corrected chi connectivity index (χ2v) is 10.8. The molecule has 176 valence electrons. The third-order valence-corrected chi connectivity index (χ3v) is 8.24. The molecule has 0 spiro atoms. The number of hydrogen-bond donors (Lipinski definition) is 2. The van der Waals surface area contributed by atoms with E-state index < -0.39 is 22.0 Å². The third kappa shape index (κ3) is 4.60. The number of hydrogen-bond acceptors (Lipinski definition) is 5. The summed E-state index contributed by atoms with van der Waals surface area (Å²) in [6.45, 7) is 7.64. The van der Waals surface area contributed by atoms with E-state index in [9.17, 15) is 18.0 Å². The summed E-state index contributed by atoms with van der Waals surface area (Å²) in [6, 6.07) is 8.93. The van der Waals surface area contributed by atoms with E-state index >= 15 is 0 Å². The van der Waals surface area contributed by atoms with Crippen LogP contribution in [0.5, 0.6) is 5.75 Å². The molecule has 0 radical (unpaired) electrons. The average Bonchev–Trinajstić information content (AvgIpc) is 2.77. The van der Waals surface area contributed by atoms with Gasteiger partial charge in [0.25, 0.3) is 5.91 Å². The predicted octanol–water partition coefficient (Wildman–Crippen LogP) is 3.37. The molecule has 2 amide bonds. The summed E-state index contributed by atoms with van der Waals surface area (Å²) < 4.78 is 34.0. The lowest BCUT2D eigenvalue weighted by Gasteiger charge is -2.32. The van der Waals surface area contributed by atoms with Crippen molar-refractivity contribution in [2.24, 2.45) is 5.92 Å². The van der Waals surface area contributed by atoms with Crippen molar-refractivity contribution >= 4 is 33.2 Å². The molecular weight excluding hydrogens is 442 g/mol. The molecule has 2 aromatic carbocycles. The quantitative estimate of drug-likeness (QED) is 0.711. The zero-order valence-corrected chi connectivity index (χ0v) is 20.1. The monoisotopic (exact) mass is 471 g/mol. The van der Waals surface area contributed by atoms with Gasteiger partial charge < -0.3 is 15.4 Å². The number of piperidine rings is 1. The second kappa shape index (κ2) is 8.79. The van der Waals surface area contributed by atoms with E-state index in [4.69, 9.17) is 4.74 Å². The molecule has 0 aromatic heterocycles. The molecule has 2 aliphatic heterocycles. The summed E-state index contributed by atoms with van der Waals surface area (Å²) in [5.74, 6) is -0.564. The fourth-order valence-corrected chi connectivity index (χ4v) is 5.99. The van der Waals surface area contributed by atoms with Crippen LogP contribution >= 0.6 is 0 Å². The number of nitrogens with zero attached hydrogens (tertiary/aromatic N) is 1. The minimum Gasteiger partial charge on any atom is -0.479 e. The SMILES string of the molecule is Cc1ccc(C)c(NC(=O)[C@@H]2CCCN(S(=O)(=O)c3cc4c(cc3C)NC(=O)[C@H](C)O4)C2)c1. The summed E-state index contributed by atoms with van der Waals surface area (Å²) in [7, 11) is -3.85. The van der Waals surface area contributed by atoms with E-state index in [1.165, 1.54) is 10.4 Å². The standard InChI is InChI=1S/C24H29N3O5S/c1-14-7-8-15(2)19(10-14)25-24(29)18-6-5-9-27(13-18)33(30,31)22-12-21-20(11-16(22)3)26-23(28)17(4)32-21/h7-8,10-12,17-18H,5-6,9,13H2,1-4H3,(H,25,29)(H,26,28)/t17-,18+/m0/s1. The summed E-state index contributed by atoms with van der Waals surface area (Å²) >= 11 is 0. The normalized spacial score (nSPS) is 21.0. The van der Waals surface area contributed by atoms with Crippen molar-refractivity contribution in [2.45, 2.75) is 51.5 Å². The minimum absolute atomic E-state index is 0.115. The second-order valence-electron chi connectivity index (χ2n) is 8.87. The molecule has 8 nitrogen and oxygen atoms in total. The van der Waals surface area contributed by atoms with Gasteiger partial charge in [-0.15, -0.1) is 0 Å². The van der Waals surface area contributed by atoms with Crippen molar-refractivity contribution in [1.29, 1.82) is 0 Å². The van der Waals surface area contributed by atoms with Crippen LogP contribution in [0.2, 0.25) is 0 Å². The van der Waals surface area contributed by atoms with Gasteiger partial charge in [0.1, 0.15) is 5.75 Å². The lowest BCUT2D eigenvalue weighted by molar-refractivity contribution is -0.123. The van der Waals surface area contributed by atoms with Crippen molar-refractivity contribution in [3.05, 3.63) is 47.0 Å². The van der Waals surface area contributed by atoms with E-state index in [0.29, 0.717) is 36.4 Å². The van der Waals surface area contributed by atoms with Gasteiger partial charge in [-0.25, -0.2) is 8.42 Å². The first-order chi connectivity index (χ1) is 15.6. The number of amides is 2. The van der Waals surface area contributed by atoms with Crippen LogP contribution in [0.4, 0.5) is 11.4 Å². The maximum Gasteiger partial charge on any atom is 0.265 e. The fourth-order valence-electron chi connectivity index (χ4n) is 4.24. The molecular formula is C24H29N3O5S. The zero-order chi connectivity index (χ0) is 23.9. The molecule has 1 saturated heterocycles. The van der Waals surface area contributed by atoms with Gasteiger partial charge in [-0.05, 0) is 69.4 Å². The van der Waals surface area contributed by atoms with Gasteiger partial charge in [0.15, 0.2) is 6.10 Å². The minimum atomic E-state index is -3.85. The number of sulfonamides is 1. The molecule has 9 heteroatoms. The van der Waals surface area contributed by atoms with Gasteiger partial charge in [-0.1, -0.05) is 12.1 Å². The van der Waals surface area contributed by atoms with E-state index in [1.54, 1.807) is 19.9 Å². The van der Waals surface area contributed by atoms with Gasteiger partial charge in [0.2, 0.25) is 15.9 Å². The number of carbonyl (C=O) groups is 2. The van der Waals surface area contributed by atoms with Gasteiger partial charge in [-0.3, -0.25) is 9.59 Å². The number of ether oxygens (including phenoxy) is 1. The van der Waals surface area contributed by atoms with E-state index in [0.717, 1.165) is 16.8 Å². The number of aryl methyl sites for hydroxylation is 3. The van der Waals surface area contributed by atoms with Crippen molar-refractivity contribution in [2.75, 3.05) is 23.7 Å². The molecule has 0 bridgehead atoms. The lowest BCUT2D eigenvalue weighted by Crippen LogP contribution is -2.44. The Bertz CT molecular complexity index is 1220. The zero-order valence-electron chi connectivity index (χ0n) is 19.3. The highest BCUT2D eigenvalue weighted by Crippen LogP contribution is 2.36. The van der Waals surface area contributed by atoms with Gasteiger partial charge >= 0.3 is 0 Å². The number of rotatable bonds is 4. The smallest absolute Gasteiger partial charge is 0.265 e. The van der Waals surface area contributed by atoms with Crippen molar-refractivity contribution in [3.63, 3.8) is 0 Å². The van der Waals surface area contributed by atoms with Crippen LogP contribution in [0, 0.1) is 26.7 Å². The molecule has 2 N–H and O–H groups in total. The average molecular weight is 472 g/mol. The Hall–Kier alpha value is -2.91. The largest absolute Gasteiger partial charge is 0.479 e. The highest BCUT2D eigenvalue weighted by Gasteiger charge is 2.35. The van der Waals surface area contributed by atoms with Crippen LogP contribution in [0.25, 0.3) is 0 Å². The first-order valence-corrected chi connectivity index (χ1v) is 12.5. The predicted molar refractivity (Wildman–Crippen MR) is 126 cm³/mol. The van der Waals surface area contributed by atoms with Gasteiger partial charge in [0, 0.05) is 24.8 Å². The third-order valence-electron chi connectivity index (χ3n) is 6.23. The molecule has 2 aliphatic rings. The van der Waals surface area contributed by atoms with E-state index in [1.807, 2.05) is 32.0 Å². The highest BCUT2D eigenvalue weighted by molar-refractivity contribution is 7.89. The number of anilines is 2. The van der Waals surface area contributed by atoms with E-state index in [2.05, 4.69) is 10.6 Å². The Balaban J connectivity index is 1.55. The van der Waals surface area contributed by atoms with Gasteiger partial charge in [0.05, 0.1) is 16.5 Å². The maximum absolute atomic E-state index is 13.5. The Kier molecular flexibility index (Phi) is 6.20. The molecule has 1 fully saturated rings. The topological polar surface area (TPSA) is 105 Å².